The number of azo groups is 2. The minimum absolute atomic E-state index is 0. The molecule has 0 aromatic heterocycles. The molecule has 59 heavy (non-hydrogen) atoms. The van der Waals surface area contributed by atoms with Gasteiger partial charge < -0.3 is 19.4 Å². The number of carbonyl (C=O) groups is 1. The molecule has 282 valence electrons. The van der Waals surface area contributed by atoms with E-state index in [1.54, 1.807) is 30.3 Å². The Morgan fingerprint density at radius 1 is 0.542 bits per heavy atom. The topological polar surface area (TPSA) is 289 Å². The number of hydrogen-bond acceptors (Lipinski definition) is 17. The number of nitrogens with zero attached hydrogens (tertiary/aromatic N) is 5. The molecule has 0 aliphatic heterocycles. The van der Waals surface area contributed by atoms with Gasteiger partial charge in [-0.05, 0) is 84.4 Å². The van der Waals surface area contributed by atoms with Gasteiger partial charge in [0.15, 0.2) is 0 Å². The summed E-state index contributed by atoms with van der Waals surface area (Å²) >= 11 is 0. The fourth-order valence-electron chi connectivity index (χ4n) is 5.75. The summed E-state index contributed by atoms with van der Waals surface area (Å²) in [4.78, 5) is 11.3. The summed E-state index contributed by atoms with van der Waals surface area (Å²) in [6.07, 6.45) is 0.978. The number of benzene rings is 6. The van der Waals surface area contributed by atoms with Gasteiger partial charge in [0, 0.05) is 32.8 Å². The van der Waals surface area contributed by atoms with E-state index in [1.807, 2.05) is 0 Å². The molecule has 23 heteroatoms. The summed E-state index contributed by atoms with van der Waals surface area (Å²) in [7, 11) is -15.1. The maximum atomic E-state index is 13.4. The molecule has 0 bridgehead atoms. The Morgan fingerprint density at radius 3 is 1.64 bits per heavy atom. The number of fused-ring (bicyclic) bond motifs is 3. The maximum absolute atomic E-state index is 13.4. The van der Waals surface area contributed by atoms with Crippen LogP contribution in [0.1, 0.15) is 15.9 Å². The number of hydrogen-bond donors (Lipinski definition) is 2. The molecule has 0 saturated heterocycles. The molecule has 0 spiro atoms. The van der Waals surface area contributed by atoms with Crippen molar-refractivity contribution in [1.29, 1.82) is 0 Å². The van der Waals surface area contributed by atoms with Gasteiger partial charge in [0.2, 0.25) is 5.78 Å². The molecule has 0 amide bonds. The van der Waals surface area contributed by atoms with Crippen LogP contribution in [-0.2, 0) is 30.4 Å². The molecule has 0 heterocycles. The van der Waals surface area contributed by atoms with E-state index in [0.29, 0.717) is 11.1 Å². The summed E-state index contributed by atoms with van der Waals surface area (Å²) in [5, 5.41) is 21.8. The molecule has 0 atom stereocenters. The van der Waals surface area contributed by atoms with Crippen molar-refractivity contribution in [3.05, 3.63) is 125 Å². The van der Waals surface area contributed by atoms with E-state index in [9.17, 15) is 43.7 Å². The van der Waals surface area contributed by atoms with Crippen LogP contribution < -0.4 is 99.8 Å². The van der Waals surface area contributed by atoms with Gasteiger partial charge in [0.25, 0.3) is 0 Å². The van der Waals surface area contributed by atoms with E-state index < -0.39 is 56.5 Å². The number of nitrogen functional groups attached to an aromatic ring is 1. The summed E-state index contributed by atoms with van der Waals surface area (Å²) in [6.45, 7) is 0. The van der Waals surface area contributed by atoms with Crippen LogP contribution in [-0.4, -0.2) is 50.4 Å². The number of carbonyl (C=O) groups excluding carboxylic acids is 1. The Bertz CT molecular complexity index is 3130. The van der Waals surface area contributed by atoms with Crippen molar-refractivity contribution < 1.29 is 132 Å². The first-order valence-corrected chi connectivity index (χ1v) is 20.1. The van der Waals surface area contributed by atoms with E-state index in [0.717, 1.165) is 30.3 Å². The molecule has 1 aliphatic carbocycles. The number of nitrogens with one attached hydrogen (secondary N) is 1. The average Bonchev–Trinajstić information content (AvgIpc) is 3.15. The van der Waals surface area contributed by atoms with E-state index in [4.69, 9.17) is 5.73 Å². The second-order valence-electron chi connectivity index (χ2n) is 12.0. The van der Waals surface area contributed by atoms with Gasteiger partial charge in [-0.1, -0.05) is 36.4 Å². The van der Waals surface area contributed by atoms with E-state index >= 15 is 0 Å². The monoisotopic (exact) mass is 877 g/mol. The normalized spacial score (nSPS) is 13.8. The first kappa shape index (κ1) is 48.1. The molecular formula is C36H22N7Na3O10S3. The van der Waals surface area contributed by atoms with Crippen LogP contribution in [0.25, 0.3) is 27.6 Å². The average molecular weight is 878 g/mol. The number of allylic oxidation sites excluding steroid dienone is 1. The van der Waals surface area contributed by atoms with Gasteiger partial charge in [-0.2, -0.15) is 10.2 Å². The number of rotatable bonds is 9. The largest absolute Gasteiger partial charge is 1.00 e. The van der Waals surface area contributed by atoms with E-state index in [1.165, 1.54) is 54.6 Å². The summed E-state index contributed by atoms with van der Waals surface area (Å²) in [5.41, 5.74) is 8.85. The van der Waals surface area contributed by atoms with Crippen LogP contribution in [0.4, 0.5) is 34.1 Å². The van der Waals surface area contributed by atoms with Gasteiger partial charge in [0.05, 0.1) is 43.1 Å². The first-order chi connectivity index (χ1) is 26.5. The third-order valence-electron chi connectivity index (χ3n) is 8.39. The van der Waals surface area contributed by atoms with Crippen LogP contribution in [0.5, 0.6) is 0 Å². The number of Topliss-reactive ketones (excluding diaryl/α,β-unsaturated/α-hetero) is 1. The molecular weight excluding hydrogens is 856 g/mol. The van der Waals surface area contributed by atoms with Crippen molar-refractivity contribution >= 4 is 104 Å². The van der Waals surface area contributed by atoms with Gasteiger partial charge >= 0.3 is 88.7 Å². The third kappa shape index (κ3) is 10.7. The third-order valence-corrected chi connectivity index (χ3v) is 10.9. The van der Waals surface area contributed by atoms with Crippen LogP contribution in [0.2, 0.25) is 0 Å². The standard InChI is InChI=1S/C36H25N7O10S3.3Na/c37-21-7-6-20-16-34(56(51,52)53)35(36(44)27(20)17-21)43-42-33-15-13-31(26-11-9-24(19-29(26)33)55(48,49)50)41-40-30-12-14-32(39-38-22-4-2-1-3-5-22)28-18-23(54(45,46)47)8-10-25(28)30;;;/h1-19,42H,37H2,(H,45,46,47)(H,48,49,50)(H,51,52,53);;;/q;3*+1/p-3/b39-38?,41-40?,43-35+;;;. The smallest absolute Gasteiger partial charge is 0.744 e. The Hall–Kier alpha value is -3.55. The zero-order chi connectivity index (χ0) is 40.0. The summed E-state index contributed by atoms with van der Waals surface area (Å²) < 4.78 is 108. The van der Waals surface area contributed by atoms with Gasteiger partial charge in [-0.15, -0.1) is 15.3 Å². The predicted octanol–water partition coefficient (Wildman–Crippen LogP) is -2.22. The van der Waals surface area contributed by atoms with Crippen LogP contribution >= 0.6 is 0 Å². The number of anilines is 2. The summed E-state index contributed by atoms with van der Waals surface area (Å²) in [6, 6.07) is 25.4. The molecule has 3 N–H and O–H groups in total. The fourth-order valence-corrected chi connectivity index (χ4v) is 7.39. The second-order valence-corrected chi connectivity index (χ2v) is 16.1. The summed E-state index contributed by atoms with van der Waals surface area (Å²) in [5.74, 6) is -0.936. The van der Waals surface area contributed by atoms with Crippen molar-refractivity contribution in [2.24, 2.45) is 25.6 Å². The van der Waals surface area contributed by atoms with E-state index in [-0.39, 0.29) is 144 Å². The van der Waals surface area contributed by atoms with Crippen molar-refractivity contribution in [1.82, 2.24) is 0 Å². The minimum atomic E-state index is -5.23. The molecule has 0 radical (unpaired) electrons. The quantitative estimate of drug-likeness (QED) is 0.0514. The fraction of sp³-hybridized carbons (Fsp3) is 0. The Kier molecular flexibility index (Phi) is 15.5. The first-order valence-electron chi connectivity index (χ1n) is 15.9. The molecule has 7 rings (SSSR count). The molecule has 6 aromatic carbocycles. The van der Waals surface area contributed by atoms with Crippen molar-refractivity contribution in [2.45, 2.75) is 9.79 Å². The van der Waals surface area contributed by atoms with Crippen LogP contribution in [0, 0.1) is 0 Å². The Morgan fingerprint density at radius 2 is 1.07 bits per heavy atom. The molecule has 1 aliphatic rings. The Balaban J connectivity index is 0.00000256. The van der Waals surface area contributed by atoms with Gasteiger partial charge in [-0.3, -0.25) is 10.2 Å². The molecule has 0 fully saturated rings. The minimum Gasteiger partial charge on any atom is -0.744 e. The molecule has 6 aromatic rings. The molecule has 0 saturated carbocycles. The number of hydrazone groups is 1. The zero-order valence-corrected chi connectivity index (χ0v) is 39.5. The second kappa shape index (κ2) is 19.0. The van der Waals surface area contributed by atoms with Crippen molar-refractivity contribution in [3.8, 4) is 0 Å². The van der Waals surface area contributed by atoms with E-state index in [2.05, 4.69) is 31.0 Å². The zero-order valence-electron chi connectivity index (χ0n) is 31.1. The SMILES string of the molecule is Nc1ccc2c(c1)C(=O)/C(=N/Nc1ccc(N=Nc3ccc(N=Nc4ccccc4)c4cc(S(=O)(=O)[O-])ccc34)c3ccc(S(=O)(=O)[O-])cc13)C(S(=O)(=O)[O-])=C2.[Na+].[Na+].[Na+]. The number of nitrogens with two attached hydrogens (primary N) is 1. The molecule has 17 nitrogen and oxygen atoms in total. The molecule has 0 unspecified atom stereocenters. The van der Waals surface area contributed by atoms with Gasteiger partial charge in [-0.25, -0.2) is 25.3 Å². The number of ketones is 1. The van der Waals surface area contributed by atoms with Crippen LogP contribution in [0.3, 0.4) is 0 Å². The van der Waals surface area contributed by atoms with Crippen molar-refractivity contribution in [2.75, 3.05) is 11.2 Å². The predicted molar refractivity (Wildman–Crippen MR) is 203 cm³/mol. The maximum Gasteiger partial charge on any atom is 1.00 e. The van der Waals surface area contributed by atoms with Crippen molar-refractivity contribution in [3.63, 3.8) is 0 Å². The Labute approximate surface area is 403 Å². The van der Waals surface area contributed by atoms with Crippen LogP contribution in [0.15, 0.2) is 149 Å². The van der Waals surface area contributed by atoms with Gasteiger partial charge in [0.1, 0.15) is 36.1 Å².